The molecular weight excluding hydrogens is 412 g/mol. The molecule has 0 unspecified atom stereocenters. The number of ether oxygens (including phenoxy) is 1. The molecule has 0 radical (unpaired) electrons. The standard InChI is InChI=1S/C12H6Br2N2O5/c13-8-3-6(16(19)20)4-9(14)11(8)21-7-1-2-15-10(5-7)12(17)18/h1-5H,(H,17,18). The van der Waals surface area contributed by atoms with E-state index in [0.717, 1.165) is 0 Å². The molecule has 7 nitrogen and oxygen atoms in total. The first kappa shape index (κ1) is 15.4. The van der Waals surface area contributed by atoms with Gasteiger partial charge in [-0.3, -0.25) is 10.1 Å². The molecule has 0 atom stereocenters. The maximum absolute atomic E-state index is 10.8. The van der Waals surface area contributed by atoms with Gasteiger partial charge in [0.05, 0.1) is 13.9 Å². The van der Waals surface area contributed by atoms with Crippen molar-refractivity contribution in [1.82, 2.24) is 4.98 Å². The van der Waals surface area contributed by atoms with E-state index in [4.69, 9.17) is 9.84 Å². The van der Waals surface area contributed by atoms with Gasteiger partial charge < -0.3 is 9.84 Å². The minimum atomic E-state index is -1.18. The van der Waals surface area contributed by atoms with E-state index in [1.54, 1.807) is 0 Å². The van der Waals surface area contributed by atoms with Gasteiger partial charge in [-0.2, -0.15) is 0 Å². The number of non-ortho nitro benzene ring substituents is 1. The molecule has 0 saturated carbocycles. The highest BCUT2D eigenvalue weighted by Gasteiger charge is 2.16. The van der Waals surface area contributed by atoms with E-state index in [1.165, 1.54) is 30.5 Å². The molecule has 0 amide bonds. The van der Waals surface area contributed by atoms with E-state index in [0.29, 0.717) is 14.7 Å². The SMILES string of the molecule is O=C(O)c1cc(Oc2c(Br)cc([N+](=O)[O-])cc2Br)ccn1. The molecule has 1 N–H and O–H groups in total. The van der Waals surface area contributed by atoms with Crippen LogP contribution in [0.15, 0.2) is 39.4 Å². The highest BCUT2D eigenvalue weighted by atomic mass is 79.9. The first-order chi connectivity index (χ1) is 9.88. The van der Waals surface area contributed by atoms with Gasteiger partial charge in [0.2, 0.25) is 0 Å². The summed E-state index contributed by atoms with van der Waals surface area (Å²) in [6, 6.07) is 5.31. The molecule has 0 bridgehead atoms. The number of pyridine rings is 1. The summed E-state index contributed by atoms with van der Waals surface area (Å²) in [6.07, 6.45) is 1.30. The third-order valence-electron chi connectivity index (χ3n) is 2.36. The van der Waals surface area contributed by atoms with Crippen LogP contribution in [0, 0.1) is 10.1 Å². The summed E-state index contributed by atoms with van der Waals surface area (Å²) >= 11 is 6.36. The number of nitro groups is 1. The number of halogens is 2. The van der Waals surface area contributed by atoms with Crippen LogP contribution in [0.3, 0.4) is 0 Å². The summed E-state index contributed by atoms with van der Waals surface area (Å²) in [5, 5.41) is 19.6. The minimum Gasteiger partial charge on any atom is -0.477 e. The lowest BCUT2D eigenvalue weighted by Crippen LogP contribution is -2.00. The lowest BCUT2D eigenvalue weighted by Gasteiger charge is -2.10. The van der Waals surface area contributed by atoms with Crippen molar-refractivity contribution in [3.05, 3.63) is 55.2 Å². The van der Waals surface area contributed by atoms with Gasteiger partial charge in [0.25, 0.3) is 5.69 Å². The highest BCUT2D eigenvalue weighted by molar-refractivity contribution is 9.11. The molecule has 0 saturated heterocycles. The molecule has 1 aromatic heterocycles. The Labute approximate surface area is 135 Å². The molecule has 108 valence electrons. The highest BCUT2D eigenvalue weighted by Crippen LogP contribution is 2.39. The monoisotopic (exact) mass is 416 g/mol. The summed E-state index contributed by atoms with van der Waals surface area (Å²) in [6.45, 7) is 0. The molecule has 0 aliphatic carbocycles. The summed E-state index contributed by atoms with van der Waals surface area (Å²) in [5.74, 6) is -0.636. The predicted octanol–water partition coefficient (Wildman–Crippen LogP) is 4.01. The fourth-order valence-corrected chi connectivity index (χ4v) is 2.78. The average molecular weight is 418 g/mol. The number of rotatable bonds is 4. The van der Waals surface area contributed by atoms with Crippen molar-refractivity contribution < 1.29 is 19.6 Å². The minimum absolute atomic E-state index is 0.109. The second kappa shape index (κ2) is 6.19. The van der Waals surface area contributed by atoms with Crippen LogP contribution in [0.4, 0.5) is 5.69 Å². The predicted molar refractivity (Wildman–Crippen MR) is 79.8 cm³/mol. The number of carboxylic acids is 1. The molecule has 1 aromatic carbocycles. The van der Waals surface area contributed by atoms with Gasteiger partial charge in [-0.05, 0) is 37.9 Å². The second-order valence-electron chi connectivity index (χ2n) is 3.78. The van der Waals surface area contributed by atoms with Crippen molar-refractivity contribution in [2.24, 2.45) is 0 Å². The van der Waals surface area contributed by atoms with Crippen LogP contribution >= 0.6 is 31.9 Å². The Morgan fingerprint density at radius 3 is 2.43 bits per heavy atom. The Morgan fingerprint density at radius 2 is 1.90 bits per heavy atom. The molecule has 9 heteroatoms. The van der Waals surface area contributed by atoms with E-state index >= 15 is 0 Å². The Bertz CT molecular complexity index is 712. The molecule has 2 rings (SSSR count). The normalized spacial score (nSPS) is 10.2. The third kappa shape index (κ3) is 3.56. The fraction of sp³-hybridized carbons (Fsp3) is 0. The molecule has 21 heavy (non-hydrogen) atoms. The number of carboxylic acid groups (broad SMARTS) is 1. The van der Waals surface area contributed by atoms with Crippen molar-refractivity contribution in [1.29, 1.82) is 0 Å². The Morgan fingerprint density at radius 1 is 1.29 bits per heavy atom. The van der Waals surface area contributed by atoms with Crippen LogP contribution in [0.25, 0.3) is 0 Å². The largest absolute Gasteiger partial charge is 0.477 e. The number of aromatic nitrogens is 1. The van der Waals surface area contributed by atoms with Crippen molar-refractivity contribution in [2.45, 2.75) is 0 Å². The Balaban J connectivity index is 2.38. The van der Waals surface area contributed by atoms with Gasteiger partial charge in [-0.1, -0.05) is 0 Å². The quantitative estimate of drug-likeness (QED) is 0.595. The zero-order chi connectivity index (χ0) is 15.6. The number of carbonyl (C=O) groups is 1. The van der Waals surface area contributed by atoms with Crippen molar-refractivity contribution in [2.75, 3.05) is 0 Å². The molecule has 0 fully saturated rings. The zero-order valence-corrected chi connectivity index (χ0v) is 13.3. The van der Waals surface area contributed by atoms with Crippen LogP contribution in [-0.2, 0) is 0 Å². The number of benzene rings is 1. The molecule has 0 aliphatic rings. The molecule has 2 aromatic rings. The lowest BCUT2D eigenvalue weighted by atomic mass is 10.3. The second-order valence-corrected chi connectivity index (χ2v) is 5.49. The number of aromatic carboxylic acids is 1. The van der Waals surface area contributed by atoms with Crippen LogP contribution in [-0.4, -0.2) is 21.0 Å². The Kier molecular flexibility index (Phi) is 4.53. The van der Waals surface area contributed by atoms with E-state index in [9.17, 15) is 14.9 Å². The van der Waals surface area contributed by atoms with Crippen LogP contribution < -0.4 is 4.74 Å². The van der Waals surface area contributed by atoms with Crippen molar-refractivity contribution in [3.63, 3.8) is 0 Å². The van der Waals surface area contributed by atoms with Gasteiger partial charge in [-0.25, -0.2) is 9.78 Å². The number of nitrogens with zero attached hydrogens (tertiary/aromatic N) is 2. The van der Waals surface area contributed by atoms with E-state index in [2.05, 4.69) is 36.8 Å². The molecular formula is C12H6Br2N2O5. The maximum Gasteiger partial charge on any atom is 0.354 e. The number of hydrogen-bond acceptors (Lipinski definition) is 5. The molecule has 1 heterocycles. The van der Waals surface area contributed by atoms with Crippen LogP contribution in [0.1, 0.15) is 10.5 Å². The number of hydrogen-bond donors (Lipinski definition) is 1. The van der Waals surface area contributed by atoms with Gasteiger partial charge in [0.15, 0.2) is 11.4 Å². The summed E-state index contributed by atoms with van der Waals surface area (Å²) in [7, 11) is 0. The van der Waals surface area contributed by atoms with Crippen molar-refractivity contribution >= 4 is 43.5 Å². The number of nitro benzene ring substituents is 1. The van der Waals surface area contributed by atoms with Crippen LogP contribution in [0.2, 0.25) is 0 Å². The van der Waals surface area contributed by atoms with Crippen molar-refractivity contribution in [3.8, 4) is 11.5 Å². The van der Waals surface area contributed by atoms with E-state index < -0.39 is 10.9 Å². The zero-order valence-electron chi connectivity index (χ0n) is 10.1. The molecule has 0 aliphatic heterocycles. The third-order valence-corrected chi connectivity index (χ3v) is 3.54. The summed E-state index contributed by atoms with van der Waals surface area (Å²) in [5.41, 5.74) is -0.274. The van der Waals surface area contributed by atoms with Gasteiger partial charge in [0.1, 0.15) is 5.75 Å². The van der Waals surface area contributed by atoms with Gasteiger partial charge in [0, 0.05) is 24.4 Å². The molecule has 0 spiro atoms. The topological polar surface area (TPSA) is 103 Å². The first-order valence-corrected chi connectivity index (χ1v) is 6.97. The Hall–Kier alpha value is -2.00. The van der Waals surface area contributed by atoms with E-state index in [-0.39, 0.29) is 17.1 Å². The maximum atomic E-state index is 10.8. The smallest absolute Gasteiger partial charge is 0.354 e. The average Bonchev–Trinajstić information content (AvgIpc) is 2.42. The van der Waals surface area contributed by atoms with E-state index in [1.807, 2.05) is 0 Å². The van der Waals surface area contributed by atoms with Gasteiger partial charge >= 0.3 is 5.97 Å². The fourth-order valence-electron chi connectivity index (χ4n) is 1.46. The lowest BCUT2D eigenvalue weighted by molar-refractivity contribution is -0.385. The first-order valence-electron chi connectivity index (χ1n) is 5.39. The van der Waals surface area contributed by atoms with Gasteiger partial charge in [-0.15, -0.1) is 0 Å². The summed E-state index contributed by atoms with van der Waals surface area (Å²) < 4.78 is 6.26. The summed E-state index contributed by atoms with van der Waals surface area (Å²) in [4.78, 5) is 24.7. The van der Waals surface area contributed by atoms with Crippen LogP contribution in [0.5, 0.6) is 11.5 Å².